The zero-order chi connectivity index (χ0) is 20.2. The van der Waals surface area contributed by atoms with Crippen LogP contribution >= 0.6 is 0 Å². The van der Waals surface area contributed by atoms with Crippen molar-refractivity contribution in [2.75, 3.05) is 5.32 Å². The van der Waals surface area contributed by atoms with Gasteiger partial charge in [-0.3, -0.25) is 4.79 Å². The number of hydrogen-bond donors (Lipinski definition) is 2. The van der Waals surface area contributed by atoms with Crippen LogP contribution in [0.25, 0.3) is 10.8 Å². The number of aryl methyl sites for hydroxylation is 1. The van der Waals surface area contributed by atoms with Gasteiger partial charge in [0.25, 0.3) is 0 Å². The third-order valence-corrected chi connectivity index (χ3v) is 3.94. The van der Waals surface area contributed by atoms with Gasteiger partial charge in [0.05, 0.1) is 17.3 Å². The zero-order valence-electron chi connectivity index (χ0n) is 15.5. The topological polar surface area (TPSA) is 70.7 Å². The maximum absolute atomic E-state index is 12.9. The monoisotopic (exact) mass is 378 g/mol. The van der Waals surface area contributed by atoms with E-state index in [4.69, 9.17) is 0 Å². The first-order chi connectivity index (χ1) is 12.8. The fourth-order valence-electron chi connectivity index (χ4n) is 2.58. The van der Waals surface area contributed by atoms with Crippen molar-refractivity contribution >= 4 is 16.6 Å². The van der Waals surface area contributed by atoms with Crippen LogP contribution in [-0.2, 0) is 6.18 Å². The molecule has 2 aromatic heterocycles. The van der Waals surface area contributed by atoms with Gasteiger partial charge in [-0.25, -0.2) is 0 Å². The Morgan fingerprint density at radius 1 is 1.11 bits per heavy atom. The highest BCUT2D eigenvalue weighted by atomic mass is 19.4. The number of alkyl halides is 3. The van der Waals surface area contributed by atoms with E-state index < -0.39 is 17.8 Å². The van der Waals surface area contributed by atoms with E-state index in [1.54, 1.807) is 19.9 Å². The Hall–Kier alpha value is -2.90. The summed E-state index contributed by atoms with van der Waals surface area (Å²) in [4.78, 5) is 14.1. The number of nitrogens with one attached hydrogen (secondary N) is 2. The number of anilines is 1. The van der Waals surface area contributed by atoms with Crippen LogP contribution in [0, 0.1) is 6.92 Å². The summed E-state index contributed by atoms with van der Waals surface area (Å²) in [7, 11) is 0. The molecule has 3 rings (SSSR count). The van der Waals surface area contributed by atoms with Gasteiger partial charge >= 0.3 is 6.18 Å². The van der Waals surface area contributed by atoms with Gasteiger partial charge in [0.15, 0.2) is 5.82 Å². The van der Waals surface area contributed by atoms with Crippen molar-refractivity contribution in [3.05, 3.63) is 63.7 Å². The first-order valence-corrected chi connectivity index (χ1v) is 8.55. The lowest BCUT2D eigenvalue weighted by Gasteiger charge is -2.17. The number of nitrogens with zero attached hydrogens (tertiary/aromatic N) is 2. The summed E-state index contributed by atoms with van der Waals surface area (Å²) < 4.78 is 38.6. The van der Waals surface area contributed by atoms with Crippen molar-refractivity contribution in [2.45, 2.75) is 39.9 Å². The van der Waals surface area contributed by atoms with Gasteiger partial charge in [0, 0.05) is 23.0 Å². The summed E-state index contributed by atoms with van der Waals surface area (Å²) in [6, 6.07) is 6.09. The molecule has 27 heavy (non-hydrogen) atoms. The second-order valence-corrected chi connectivity index (χ2v) is 5.75. The molecule has 2 N–H and O–H groups in total. The van der Waals surface area contributed by atoms with Gasteiger partial charge in [-0.2, -0.15) is 18.3 Å². The van der Waals surface area contributed by atoms with Crippen LogP contribution < -0.4 is 10.9 Å². The minimum atomic E-state index is -4.40. The van der Waals surface area contributed by atoms with Crippen molar-refractivity contribution in [1.82, 2.24) is 15.2 Å². The van der Waals surface area contributed by atoms with Crippen LogP contribution in [0.4, 0.5) is 19.0 Å². The standard InChI is InChI=1S/C17H15F3N4O.C2H6/c1-9(11-4-3-5-12(6-11)17(18,19)20)22-16-14-8-21-15(25)7-13(14)10(2)23-24-16;1-2/h3-9H,1-2H3,(H,21,25)(H,22,24);1-2H3. The number of pyridine rings is 1. The van der Waals surface area contributed by atoms with Crippen molar-refractivity contribution in [1.29, 1.82) is 0 Å². The third kappa shape index (κ3) is 4.64. The SMILES string of the molecule is CC.Cc1nnc(NC(C)c2cccc(C(F)(F)F)c2)c2c[nH]c(=O)cc12. The predicted molar refractivity (Wildman–Crippen MR) is 99.7 cm³/mol. The highest BCUT2D eigenvalue weighted by Gasteiger charge is 2.30. The predicted octanol–water partition coefficient (Wildman–Crippen LogP) is 4.84. The van der Waals surface area contributed by atoms with Crippen LogP contribution in [0.2, 0.25) is 0 Å². The van der Waals surface area contributed by atoms with Crippen LogP contribution in [0.5, 0.6) is 0 Å². The van der Waals surface area contributed by atoms with Gasteiger partial charge < -0.3 is 10.3 Å². The Labute approximate surface area is 154 Å². The summed E-state index contributed by atoms with van der Waals surface area (Å²) in [5.41, 5.74) is 0.0939. The smallest absolute Gasteiger partial charge is 0.361 e. The third-order valence-electron chi connectivity index (χ3n) is 3.94. The van der Waals surface area contributed by atoms with Crippen molar-refractivity contribution in [2.24, 2.45) is 0 Å². The van der Waals surface area contributed by atoms with Gasteiger partial charge in [0.1, 0.15) is 0 Å². The molecular formula is C19H21F3N4O. The van der Waals surface area contributed by atoms with E-state index in [1.807, 2.05) is 13.8 Å². The molecule has 0 aliphatic heterocycles. The van der Waals surface area contributed by atoms with Crippen LogP contribution in [0.1, 0.15) is 43.6 Å². The van der Waals surface area contributed by atoms with Crippen LogP contribution in [0.15, 0.2) is 41.3 Å². The average molecular weight is 378 g/mol. The highest BCUT2D eigenvalue weighted by molar-refractivity contribution is 5.92. The number of benzene rings is 1. The van der Waals surface area contributed by atoms with Gasteiger partial charge in [-0.05, 0) is 31.5 Å². The lowest BCUT2D eigenvalue weighted by Crippen LogP contribution is -2.12. The zero-order valence-corrected chi connectivity index (χ0v) is 15.5. The molecule has 5 nitrogen and oxygen atoms in total. The summed E-state index contributed by atoms with van der Waals surface area (Å²) in [5, 5.41) is 12.4. The molecule has 0 saturated carbocycles. The first-order valence-electron chi connectivity index (χ1n) is 8.55. The maximum Gasteiger partial charge on any atom is 0.416 e. The first kappa shape index (κ1) is 20.4. The molecule has 1 atom stereocenters. The minimum Gasteiger partial charge on any atom is -0.361 e. The van der Waals surface area contributed by atoms with Gasteiger partial charge in [0.2, 0.25) is 5.56 Å². The molecule has 2 heterocycles. The molecule has 0 saturated heterocycles. The van der Waals surface area contributed by atoms with Crippen LogP contribution in [0.3, 0.4) is 0 Å². The van der Waals surface area contributed by atoms with Crippen molar-refractivity contribution in [3.63, 3.8) is 0 Å². The Balaban J connectivity index is 0.00000126. The fourth-order valence-corrected chi connectivity index (χ4v) is 2.58. The number of aromatic amines is 1. The van der Waals surface area contributed by atoms with Crippen molar-refractivity contribution < 1.29 is 13.2 Å². The number of H-pyrrole nitrogens is 1. The van der Waals surface area contributed by atoms with E-state index in [-0.39, 0.29) is 5.56 Å². The molecule has 0 bridgehead atoms. The van der Waals surface area contributed by atoms with E-state index in [2.05, 4.69) is 20.5 Å². The lowest BCUT2D eigenvalue weighted by molar-refractivity contribution is -0.137. The van der Waals surface area contributed by atoms with Crippen molar-refractivity contribution in [3.8, 4) is 0 Å². The van der Waals surface area contributed by atoms with E-state index in [0.717, 1.165) is 12.1 Å². The molecule has 0 radical (unpaired) electrons. The molecular weight excluding hydrogens is 357 g/mol. The van der Waals surface area contributed by atoms with E-state index in [1.165, 1.54) is 18.3 Å². The number of halogens is 3. The Bertz CT molecular complexity index is 983. The lowest BCUT2D eigenvalue weighted by atomic mass is 10.0. The number of fused-ring (bicyclic) bond motifs is 1. The fraction of sp³-hybridized carbons (Fsp3) is 0.316. The summed E-state index contributed by atoms with van der Waals surface area (Å²) in [6.45, 7) is 7.46. The Morgan fingerprint density at radius 2 is 1.81 bits per heavy atom. The summed E-state index contributed by atoms with van der Waals surface area (Å²) >= 11 is 0. The summed E-state index contributed by atoms with van der Waals surface area (Å²) in [5.74, 6) is 0.391. The second kappa shape index (κ2) is 8.20. The molecule has 1 aromatic carbocycles. The van der Waals surface area contributed by atoms with Crippen LogP contribution in [-0.4, -0.2) is 15.2 Å². The van der Waals surface area contributed by atoms with E-state index in [0.29, 0.717) is 27.8 Å². The Kier molecular flexibility index (Phi) is 6.20. The average Bonchev–Trinajstić information content (AvgIpc) is 2.65. The molecule has 1 unspecified atom stereocenters. The molecule has 144 valence electrons. The number of rotatable bonds is 3. The highest BCUT2D eigenvalue weighted by Crippen LogP contribution is 2.31. The second-order valence-electron chi connectivity index (χ2n) is 5.75. The largest absolute Gasteiger partial charge is 0.416 e. The number of hydrogen-bond acceptors (Lipinski definition) is 4. The molecule has 0 spiro atoms. The van der Waals surface area contributed by atoms with E-state index in [9.17, 15) is 18.0 Å². The molecule has 0 aliphatic rings. The summed E-state index contributed by atoms with van der Waals surface area (Å²) in [6.07, 6.45) is -2.88. The quantitative estimate of drug-likeness (QED) is 0.684. The Morgan fingerprint density at radius 3 is 2.48 bits per heavy atom. The van der Waals surface area contributed by atoms with Gasteiger partial charge in [-0.1, -0.05) is 26.0 Å². The molecule has 0 amide bonds. The molecule has 8 heteroatoms. The van der Waals surface area contributed by atoms with E-state index >= 15 is 0 Å². The molecule has 3 aromatic rings. The normalized spacial score (nSPS) is 12.3. The maximum atomic E-state index is 12.9. The number of aromatic nitrogens is 3. The molecule has 0 fully saturated rings. The molecule has 0 aliphatic carbocycles. The minimum absolute atomic E-state index is 0.263. The van der Waals surface area contributed by atoms with Gasteiger partial charge in [-0.15, -0.1) is 5.10 Å².